The predicted octanol–water partition coefficient (Wildman–Crippen LogP) is 3.06. The molecule has 0 amide bonds. The Morgan fingerprint density at radius 2 is 1.93 bits per heavy atom. The second-order valence-electron chi connectivity index (χ2n) is 4.20. The van der Waals surface area contributed by atoms with E-state index in [4.69, 9.17) is 4.74 Å². The van der Waals surface area contributed by atoms with E-state index in [1.165, 1.54) is 18.4 Å². The zero-order chi connectivity index (χ0) is 9.80. The second-order valence-corrected chi connectivity index (χ2v) is 4.20. The van der Waals surface area contributed by atoms with E-state index in [0.29, 0.717) is 5.92 Å². The molecule has 1 saturated carbocycles. The van der Waals surface area contributed by atoms with Crippen LogP contribution >= 0.6 is 0 Å². The molecule has 0 unspecified atom stereocenters. The van der Waals surface area contributed by atoms with Gasteiger partial charge >= 0.3 is 0 Å². The van der Waals surface area contributed by atoms with Crippen LogP contribution in [0.2, 0.25) is 0 Å². The Kier molecular flexibility index (Phi) is 3.20. The molecule has 14 heavy (non-hydrogen) atoms. The molecule has 0 aliphatic heterocycles. The lowest BCUT2D eigenvalue weighted by atomic mass is 9.77. The van der Waals surface area contributed by atoms with Crippen LogP contribution < -0.4 is 0 Å². The topological polar surface area (TPSA) is 9.23 Å². The molecule has 1 aromatic rings. The highest BCUT2D eigenvalue weighted by atomic mass is 16.5. The molecule has 0 bridgehead atoms. The molecular formula is C13H17O. The largest absolute Gasteiger partial charge is 0.376 e. The van der Waals surface area contributed by atoms with Crippen LogP contribution in [0.4, 0.5) is 0 Å². The average molecular weight is 189 g/mol. The zero-order valence-electron chi connectivity index (χ0n) is 8.49. The first-order valence-corrected chi connectivity index (χ1v) is 5.29. The Hall–Kier alpha value is -0.820. The third-order valence-corrected chi connectivity index (χ3v) is 2.80. The predicted molar refractivity (Wildman–Crippen MR) is 57.7 cm³/mol. The molecule has 0 atom stereocenters. The molecule has 1 radical (unpaired) electrons. The van der Waals surface area contributed by atoms with Crippen molar-refractivity contribution >= 4 is 0 Å². The normalized spacial score (nSPS) is 25.8. The molecule has 0 saturated heterocycles. The first-order valence-electron chi connectivity index (χ1n) is 5.29. The number of hydrogen-bond donors (Lipinski definition) is 0. The third-order valence-electron chi connectivity index (χ3n) is 2.80. The monoisotopic (exact) mass is 189 g/mol. The van der Waals surface area contributed by atoms with Crippen molar-refractivity contribution in [3.05, 3.63) is 42.8 Å². The maximum absolute atomic E-state index is 5.64. The molecule has 2 rings (SSSR count). The van der Waals surface area contributed by atoms with Crippen LogP contribution in [-0.2, 0) is 11.3 Å². The minimum atomic E-state index is 0.681. The van der Waals surface area contributed by atoms with Gasteiger partial charge in [0.05, 0.1) is 6.61 Å². The maximum atomic E-state index is 5.64. The SMILES string of the molecule is [CH2]C1CC(COCc2ccccc2)C1. The minimum Gasteiger partial charge on any atom is -0.376 e. The molecule has 75 valence electrons. The van der Waals surface area contributed by atoms with E-state index in [9.17, 15) is 0 Å². The summed E-state index contributed by atoms with van der Waals surface area (Å²) >= 11 is 0. The number of benzene rings is 1. The number of ether oxygens (including phenoxy) is 1. The van der Waals surface area contributed by atoms with Crippen LogP contribution in [0.1, 0.15) is 18.4 Å². The fraction of sp³-hybridized carbons (Fsp3) is 0.462. The minimum absolute atomic E-state index is 0.681. The summed E-state index contributed by atoms with van der Waals surface area (Å²) in [6.45, 7) is 5.66. The van der Waals surface area contributed by atoms with Crippen LogP contribution in [-0.4, -0.2) is 6.61 Å². The third kappa shape index (κ3) is 2.58. The highest BCUT2D eigenvalue weighted by molar-refractivity contribution is 5.13. The van der Waals surface area contributed by atoms with Crippen LogP contribution in [0.3, 0.4) is 0 Å². The molecule has 1 aromatic carbocycles. The molecule has 1 aliphatic carbocycles. The summed E-state index contributed by atoms with van der Waals surface area (Å²) in [4.78, 5) is 0. The van der Waals surface area contributed by atoms with Crippen molar-refractivity contribution in [3.8, 4) is 0 Å². The standard InChI is InChI=1S/C13H17O/c1-11-7-13(8-11)10-14-9-12-5-3-2-4-6-12/h2-6,11,13H,1,7-10H2. The highest BCUT2D eigenvalue weighted by Crippen LogP contribution is 2.32. The van der Waals surface area contributed by atoms with Gasteiger partial charge in [0, 0.05) is 6.61 Å². The lowest BCUT2D eigenvalue weighted by Crippen LogP contribution is -2.25. The van der Waals surface area contributed by atoms with Gasteiger partial charge in [-0.15, -0.1) is 0 Å². The zero-order valence-corrected chi connectivity index (χ0v) is 8.49. The van der Waals surface area contributed by atoms with E-state index in [0.717, 1.165) is 19.1 Å². The Labute approximate surface area is 86.1 Å². The Balaban J connectivity index is 1.64. The lowest BCUT2D eigenvalue weighted by Gasteiger charge is -2.32. The Morgan fingerprint density at radius 1 is 1.21 bits per heavy atom. The van der Waals surface area contributed by atoms with Crippen molar-refractivity contribution in [2.75, 3.05) is 6.61 Å². The van der Waals surface area contributed by atoms with E-state index < -0.39 is 0 Å². The smallest absolute Gasteiger partial charge is 0.0717 e. The van der Waals surface area contributed by atoms with Gasteiger partial charge in [0.15, 0.2) is 0 Å². The van der Waals surface area contributed by atoms with Gasteiger partial charge in [-0.2, -0.15) is 0 Å². The Bertz CT molecular complexity index is 262. The van der Waals surface area contributed by atoms with Crippen LogP contribution in [0.15, 0.2) is 30.3 Å². The van der Waals surface area contributed by atoms with Crippen LogP contribution in [0.25, 0.3) is 0 Å². The van der Waals surface area contributed by atoms with Gasteiger partial charge in [0.25, 0.3) is 0 Å². The van der Waals surface area contributed by atoms with Crippen molar-refractivity contribution in [2.24, 2.45) is 11.8 Å². The summed E-state index contributed by atoms with van der Waals surface area (Å²) < 4.78 is 5.64. The maximum Gasteiger partial charge on any atom is 0.0717 e. The molecular weight excluding hydrogens is 172 g/mol. The van der Waals surface area contributed by atoms with E-state index in [-0.39, 0.29) is 0 Å². The van der Waals surface area contributed by atoms with Gasteiger partial charge in [-0.3, -0.25) is 0 Å². The average Bonchev–Trinajstić information content (AvgIpc) is 2.17. The van der Waals surface area contributed by atoms with E-state index in [2.05, 4.69) is 19.1 Å². The van der Waals surface area contributed by atoms with Crippen molar-refractivity contribution in [3.63, 3.8) is 0 Å². The number of hydrogen-bond acceptors (Lipinski definition) is 1. The van der Waals surface area contributed by atoms with Gasteiger partial charge in [-0.25, -0.2) is 0 Å². The molecule has 0 aromatic heterocycles. The summed E-state index contributed by atoms with van der Waals surface area (Å²) in [5.41, 5.74) is 1.26. The van der Waals surface area contributed by atoms with E-state index >= 15 is 0 Å². The first kappa shape index (κ1) is 9.72. The second kappa shape index (κ2) is 4.61. The van der Waals surface area contributed by atoms with Gasteiger partial charge in [0.2, 0.25) is 0 Å². The number of rotatable bonds is 4. The molecule has 1 heteroatoms. The quantitative estimate of drug-likeness (QED) is 0.707. The summed E-state index contributed by atoms with van der Waals surface area (Å²) in [6, 6.07) is 10.3. The lowest BCUT2D eigenvalue weighted by molar-refractivity contribution is 0.0446. The van der Waals surface area contributed by atoms with Gasteiger partial charge in [0.1, 0.15) is 0 Å². The van der Waals surface area contributed by atoms with E-state index in [1.54, 1.807) is 0 Å². The van der Waals surface area contributed by atoms with Crippen molar-refractivity contribution in [2.45, 2.75) is 19.4 Å². The van der Waals surface area contributed by atoms with Gasteiger partial charge in [-0.05, 0) is 30.2 Å². The molecule has 0 spiro atoms. The molecule has 1 fully saturated rings. The molecule has 1 aliphatic rings. The van der Waals surface area contributed by atoms with Crippen molar-refractivity contribution in [1.29, 1.82) is 0 Å². The van der Waals surface area contributed by atoms with Crippen molar-refractivity contribution < 1.29 is 4.74 Å². The first-order chi connectivity index (χ1) is 6.84. The summed E-state index contributed by atoms with van der Waals surface area (Å²) in [6.07, 6.45) is 2.49. The van der Waals surface area contributed by atoms with Gasteiger partial charge < -0.3 is 4.74 Å². The highest BCUT2D eigenvalue weighted by Gasteiger charge is 2.25. The van der Waals surface area contributed by atoms with E-state index in [1.807, 2.05) is 18.2 Å². The summed E-state index contributed by atoms with van der Waals surface area (Å²) in [7, 11) is 0. The molecule has 1 nitrogen and oxygen atoms in total. The van der Waals surface area contributed by atoms with Gasteiger partial charge in [-0.1, -0.05) is 37.3 Å². The molecule has 0 N–H and O–H groups in total. The molecule has 0 heterocycles. The fourth-order valence-electron chi connectivity index (χ4n) is 1.93. The van der Waals surface area contributed by atoms with Crippen LogP contribution in [0, 0.1) is 18.8 Å². The fourth-order valence-corrected chi connectivity index (χ4v) is 1.93. The summed E-state index contributed by atoms with van der Waals surface area (Å²) in [5, 5.41) is 0. The van der Waals surface area contributed by atoms with Crippen LogP contribution in [0.5, 0.6) is 0 Å². The Morgan fingerprint density at radius 3 is 2.57 bits per heavy atom. The summed E-state index contributed by atoms with van der Waals surface area (Å²) in [5.74, 6) is 1.45. The van der Waals surface area contributed by atoms with Crippen molar-refractivity contribution in [1.82, 2.24) is 0 Å².